The Morgan fingerprint density at radius 3 is 3.19 bits per heavy atom. The fourth-order valence-electron chi connectivity index (χ4n) is 2.78. The van der Waals surface area contributed by atoms with Crippen LogP contribution in [0.1, 0.15) is 22.6 Å². The Morgan fingerprint density at radius 2 is 2.44 bits per heavy atom. The van der Waals surface area contributed by atoms with Crippen LogP contribution in [0.5, 0.6) is 0 Å². The van der Waals surface area contributed by atoms with Gasteiger partial charge in [0.25, 0.3) is 0 Å². The van der Waals surface area contributed by atoms with Crippen molar-refractivity contribution in [2.24, 2.45) is 0 Å². The Balaban J connectivity index is 1.70. The van der Waals surface area contributed by atoms with Gasteiger partial charge >= 0.3 is 0 Å². The molecule has 3 nitrogen and oxygen atoms in total. The molecule has 1 amide bonds. The van der Waals surface area contributed by atoms with E-state index in [9.17, 15) is 4.79 Å². The number of amides is 1. The average Bonchev–Trinajstić information content (AvgIpc) is 2.86. The van der Waals surface area contributed by atoms with E-state index in [2.05, 4.69) is 29.3 Å². The Bertz CT molecular complexity index is 415. The van der Waals surface area contributed by atoms with Crippen LogP contribution >= 0.6 is 11.3 Å². The van der Waals surface area contributed by atoms with Crippen molar-refractivity contribution in [1.29, 1.82) is 0 Å². The smallest absolute Gasteiger partial charge is 0.221 e. The number of carbonyl (C=O) groups excluding carboxylic acids is 1. The monoisotopic (exact) mass is 236 g/mol. The zero-order valence-corrected chi connectivity index (χ0v) is 10.2. The number of hydrogen-bond donors (Lipinski definition) is 1. The van der Waals surface area contributed by atoms with Crippen LogP contribution in [0.15, 0.2) is 12.1 Å². The summed E-state index contributed by atoms with van der Waals surface area (Å²) in [5, 5.41) is 3.06. The Morgan fingerprint density at radius 1 is 1.56 bits per heavy atom. The number of aryl methyl sites for hydroxylation is 1. The van der Waals surface area contributed by atoms with Gasteiger partial charge in [-0.3, -0.25) is 9.69 Å². The van der Waals surface area contributed by atoms with Crippen LogP contribution in [0.25, 0.3) is 0 Å². The van der Waals surface area contributed by atoms with Gasteiger partial charge in [0.2, 0.25) is 5.91 Å². The zero-order valence-electron chi connectivity index (χ0n) is 9.40. The maximum Gasteiger partial charge on any atom is 0.221 e. The number of rotatable bonds is 2. The van der Waals surface area contributed by atoms with E-state index in [1.54, 1.807) is 0 Å². The molecule has 1 aromatic heterocycles. The van der Waals surface area contributed by atoms with Gasteiger partial charge in [-0.15, -0.1) is 11.3 Å². The lowest BCUT2D eigenvalue weighted by Crippen LogP contribution is -2.33. The predicted molar refractivity (Wildman–Crippen MR) is 64.4 cm³/mol. The first kappa shape index (κ1) is 10.3. The molecule has 4 heteroatoms. The Hall–Kier alpha value is -0.870. The molecule has 2 unspecified atom stereocenters. The van der Waals surface area contributed by atoms with Crippen LogP contribution in [-0.4, -0.2) is 29.4 Å². The molecule has 0 saturated carbocycles. The van der Waals surface area contributed by atoms with Crippen molar-refractivity contribution >= 4 is 17.2 Å². The van der Waals surface area contributed by atoms with Gasteiger partial charge in [-0.2, -0.15) is 0 Å². The van der Waals surface area contributed by atoms with Gasteiger partial charge in [-0.25, -0.2) is 0 Å². The van der Waals surface area contributed by atoms with Gasteiger partial charge in [0.05, 0.1) is 0 Å². The topological polar surface area (TPSA) is 32.3 Å². The van der Waals surface area contributed by atoms with E-state index < -0.39 is 0 Å². The summed E-state index contributed by atoms with van der Waals surface area (Å²) in [6.45, 7) is 4.27. The van der Waals surface area contributed by atoms with E-state index in [0.29, 0.717) is 18.5 Å². The van der Waals surface area contributed by atoms with Gasteiger partial charge in [-0.05, 0) is 25.5 Å². The van der Waals surface area contributed by atoms with Crippen LogP contribution < -0.4 is 5.32 Å². The minimum absolute atomic E-state index is 0.224. The fraction of sp³-hybridized carbons (Fsp3) is 0.583. The standard InChI is InChI=1S/C12H16N2OS/c1-8-2-3-9(16-8)7-14-5-4-10-11(14)6-12(15)13-10/h2-3,10-11H,4-7H2,1H3,(H,13,15). The summed E-state index contributed by atoms with van der Waals surface area (Å²) in [7, 11) is 0. The van der Waals surface area contributed by atoms with E-state index in [1.165, 1.54) is 9.75 Å². The number of nitrogens with zero attached hydrogens (tertiary/aromatic N) is 1. The van der Waals surface area contributed by atoms with Crippen molar-refractivity contribution < 1.29 is 4.79 Å². The highest BCUT2D eigenvalue weighted by Gasteiger charge is 2.41. The summed E-state index contributed by atoms with van der Waals surface area (Å²) in [6.07, 6.45) is 1.80. The third-order valence-corrected chi connectivity index (χ3v) is 4.54. The summed E-state index contributed by atoms with van der Waals surface area (Å²) in [6, 6.07) is 5.23. The highest BCUT2D eigenvalue weighted by molar-refractivity contribution is 7.11. The molecule has 2 saturated heterocycles. The van der Waals surface area contributed by atoms with Crippen molar-refractivity contribution in [1.82, 2.24) is 10.2 Å². The largest absolute Gasteiger partial charge is 0.352 e. The molecular formula is C12H16N2OS. The molecule has 86 valence electrons. The summed E-state index contributed by atoms with van der Waals surface area (Å²) >= 11 is 1.86. The fourth-order valence-corrected chi connectivity index (χ4v) is 3.70. The van der Waals surface area contributed by atoms with E-state index in [1.807, 2.05) is 11.3 Å². The number of hydrogen-bond acceptors (Lipinski definition) is 3. The van der Waals surface area contributed by atoms with Crippen LogP contribution in [0.3, 0.4) is 0 Å². The zero-order chi connectivity index (χ0) is 11.1. The second-order valence-electron chi connectivity index (χ2n) is 4.72. The minimum Gasteiger partial charge on any atom is -0.352 e. The van der Waals surface area contributed by atoms with Gasteiger partial charge < -0.3 is 5.32 Å². The van der Waals surface area contributed by atoms with Crippen LogP contribution in [0.2, 0.25) is 0 Å². The summed E-state index contributed by atoms with van der Waals surface area (Å²) in [4.78, 5) is 16.6. The maximum absolute atomic E-state index is 11.3. The van der Waals surface area contributed by atoms with Crippen LogP contribution in [-0.2, 0) is 11.3 Å². The third kappa shape index (κ3) is 1.76. The lowest BCUT2D eigenvalue weighted by molar-refractivity contribution is -0.119. The van der Waals surface area contributed by atoms with Gasteiger partial charge in [0.1, 0.15) is 0 Å². The molecule has 16 heavy (non-hydrogen) atoms. The van der Waals surface area contributed by atoms with E-state index in [-0.39, 0.29) is 5.91 Å². The summed E-state index contributed by atoms with van der Waals surface area (Å²) in [5.41, 5.74) is 0. The Kier molecular flexibility index (Phi) is 2.48. The van der Waals surface area contributed by atoms with E-state index in [0.717, 1.165) is 19.5 Å². The molecule has 0 bridgehead atoms. The molecular weight excluding hydrogens is 220 g/mol. The molecule has 0 aromatic carbocycles. The number of carbonyl (C=O) groups is 1. The maximum atomic E-state index is 11.3. The molecule has 2 atom stereocenters. The summed E-state index contributed by atoms with van der Waals surface area (Å²) in [5.74, 6) is 0.224. The molecule has 1 N–H and O–H groups in total. The quantitative estimate of drug-likeness (QED) is 0.844. The average molecular weight is 236 g/mol. The highest BCUT2D eigenvalue weighted by atomic mass is 32.1. The van der Waals surface area contributed by atoms with Gasteiger partial charge in [0.15, 0.2) is 0 Å². The first-order valence-electron chi connectivity index (χ1n) is 5.81. The van der Waals surface area contributed by atoms with Crippen molar-refractivity contribution in [3.05, 3.63) is 21.9 Å². The van der Waals surface area contributed by atoms with Gasteiger partial charge in [-0.1, -0.05) is 0 Å². The minimum atomic E-state index is 0.224. The van der Waals surface area contributed by atoms with Crippen molar-refractivity contribution in [2.45, 2.75) is 38.4 Å². The van der Waals surface area contributed by atoms with Gasteiger partial charge in [0, 0.05) is 41.3 Å². The number of nitrogens with one attached hydrogen (secondary N) is 1. The number of thiophene rings is 1. The second-order valence-corrected chi connectivity index (χ2v) is 6.09. The molecule has 2 aliphatic rings. The second kappa shape index (κ2) is 3.86. The lowest BCUT2D eigenvalue weighted by atomic mass is 10.1. The molecule has 0 radical (unpaired) electrons. The lowest BCUT2D eigenvalue weighted by Gasteiger charge is -2.21. The molecule has 2 fully saturated rings. The number of fused-ring (bicyclic) bond motifs is 1. The van der Waals surface area contributed by atoms with E-state index in [4.69, 9.17) is 0 Å². The van der Waals surface area contributed by atoms with Crippen molar-refractivity contribution in [3.63, 3.8) is 0 Å². The van der Waals surface area contributed by atoms with Crippen molar-refractivity contribution in [3.8, 4) is 0 Å². The first-order valence-corrected chi connectivity index (χ1v) is 6.63. The third-order valence-electron chi connectivity index (χ3n) is 3.56. The predicted octanol–water partition coefficient (Wildman–Crippen LogP) is 1.52. The van der Waals surface area contributed by atoms with Crippen LogP contribution in [0.4, 0.5) is 0 Å². The molecule has 1 aromatic rings. The van der Waals surface area contributed by atoms with Crippen LogP contribution in [0, 0.1) is 6.92 Å². The van der Waals surface area contributed by atoms with Crippen molar-refractivity contribution in [2.75, 3.05) is 6.54 Å². The number of likely N-dealkylation sites (tertiary alicyclic amines) is 1. The normalized spacial score (nSPS) is 29.4. The molecule has 2 aliphatic heterocycles. The highest BCUT2D eigenvalue weighted by Crippen LogP contribution is 2.28. The summed E-state index contributed by atoms with van der Waals surface area (Å²) < 4.78 is 0. The SMILES string of the molecule is Cc1ccc(CN2CCC3NC(=O)CC32)s1. The first-order chi connectivity index (χ1) is 7.72. The molecule has 3 heterocycles. The Labute approximate surface area is 99.5 Å². The molecule has 0 aliphatic carbocycles. The molecule has 0 spiro atoms. The van der Waals surface area contributed by atoms with E-state index >= 15 is 0 Å². The molecule has 3 rings (SSSR count).